The van der Waals surface area contributed by atoms with Crippen molar-refractivity contribution in [2.45, 2.75) is 45.1 Å². The van der Waals surface area contributed by atoms with E-state index in [1.165, 1.54) is 12.8 Å². The Morgan fingerprint density at radius 1 is 1.26 bits per heavy atom. The second-order valence-corrected chi connectivity index (χ2v) is 6.29. The van der Waals surface area contributed by atoms with Crippen LogP contribution >= 0.6 is 0 Å². The van der Waals surface area contributed by atoms with Gasteiger partial charge in [0.2, 0.25) is 0 Å². The topological polar surface area (TPSA) is 47.6 Å². The van der Waals surface area contributed by atoms with E-state index in [1.54, 1.807) is 26.4 Å². The lowest BCUT2D eigenvalue weighted by Gasteiger charge is -2.27. The van der Waals surface area contributed by atoms with Crippen molar-refractivity contribution in [2.75, 3.05) is 14.2 Å². The highest BCUT2D eigenvalue weighted by Crippen LogP contribution is 2.33. The van der Waals surface area contributed by atoms with Gasteiger partial charge in [-0.1, -0.05) is 13.0 Å². The van der Waals surface area contributed by atoms with Crippen LogP contribution in [0.2, 0.25) is 0 Å². The molecule has 0 saturated heterocycles. The van der Waals surface area contributed by atoms with Gasteiger partial charge < -0.3 is 14.8 Å². The fraction of sp³-hybridized carbons (Fsp3) is 0.526. The first-order valence-electron chi connectivity index (χ1n) is 8.25. The summed E-state index contributed by atoms with van der Waals surface area (Å²) in [5.74, 6) is 1.96. The zero-order chi connectivity index (χ0) is 16.8. The molecule has 1 saturated carbocycles. The molecule has 0 aromatic heterocycles. The summed E-state index contributed by atoms with van der Waals surface area (Å²) in [5, 5.41) is 3.15. The van der Waals surface area contributed by atoms with E-state index in [0.717, 1.165) is 24.3 Å². The van der Waals surface area contributed by atoms with Crippen molar-refractivity contribution in [3.8, 4) is 11.5 Å². The summed E-state index contributed by atoms with van der Waals surface area (Å²) in [4.78, 5) is 12.6. The van der Waals surface area contributed by atoms with Crippen LogP contribution in [-0.2, 0) is 6.42 Å². The lowest BCUT2D eigenvalue weighted by Crippen LogP contribution is -2.37. The number of carbonyl (C=O) groups excluding carboxylic acids is 1. The molecule has 0 radical (unpaired) electrons. The van der Waals surface area contributed by atoms with Crippen molar-refractivity contribution >= 4 is 5.91 Å². The molecular weight excluding hydrogens is 290 g/mol. The van der Waals surface area contributed by atoms with E-state index in [0.29, 0.717) is 23.5 Å². The number of benzene rings is 1. The zero-order valence-electron chi connectivity index (χ0n) is 14.4. The first kappa shape index (κ1) is 17.4. The monoisotopic (exact) mass is 317 g/mol. The fourth-order valence-electron chi connectivity index (χ4n) is 3.15. The molecule has 126 valence electrons. The number of ether oxygens (including phenoxy) is 2. The second kappa shape index (κ2) is 8.04. The van der Waals surface area contributed by atoms with E-state index >= 15 is 0 Å². The van der Waals surface area contributed by atoms with Gasteiger partial charge in [0.05, 0.1) is 14.2 Å². The number of hydrogen-bond acceptors (Lipinski definition) is 3. The molecule has 1 aliphatic rings. The predicted octanol–water partition coefficient (Wildman–Crippen LogP) is 3.74. The Bertz CT molecular complexity index is 560. The van der Waals surface area contributed by atoms with Crippen LogP contribution in [0.5, 0.6) is 11.5 Å². The van der Waals surface area contributed by atoms with E-state index < -0.39 is 0 Å². The maximum Gasteiger partial charge on any atom is 0.251 e. The number of nitrogens with one attached hydrogen (secondary N) is 1. The van der Waals surface area contributed by atoms with Crippen LogP contribution in [-0.4, -0.2) is 26.2 Å². The molecule has 0 spiro atoms. The fourth-order valence-corrected chi connectivity index (χ4v) is 3.15. The number of allylic oxidation sites excluding steroid dienone is 1. The third-order valence-electron chi connectivity index (χ3n) is 4.53. The third-order valence-corrected chi connectivity index (χ3v) is 4.53. The summed E-state index contributed by atoms with van der Waals surface area (Å²) in [6.45, 7) is 6.04. The van der Waals surface area contributed by atoms with Gasteiger partial charge in [-0.3, -0.25) is 4.79 Å². The van der Waals surface area contributed by atoms with E-state index in [4.69, 9.17) is 9.47 Å². The highest BCUT2D eigenvalue weighted by atomic mass is 16.5. The number of amides is 1. The van der Waals surface area contributed by atoms with Crippen LogP contribution in [0.1, 0.15) is 48.5 Å². The van der Waals surface area contributed by atoms with Crippen LogP contribution < -0.4 is 14.8 Å². The van der Waals surface area contributed by atoms with Crippen LogP contribution in [0.3, 0.4) is 0 Å². The van der Waals surface area contributed by atoms with Gasteiger partial charge in [-0.05, 0) is 50.2 Å². The van der Waals surface area contributed by atoms with Gasteiger partial charge in [0.1, 0.15) is 0 Å². The lowest BCUT2D eigenvalue weighted by atomic mass is 9.87. The molecule has 1 N–H and O–H groups in total. The molecule has 0 unspecified atom stereocenters. The molecule has 1 amide bonds. The Balaban J connectivity index is 2.19. The van der Waals surface area contributed by atoms with Gasteiger partial charge in [0, 0.05) is 17.2 Å². The molecule has 2 rings (SSSR count). The summed E-state index contributed by atoms with van der Waals surface area (Å²) >= 11 is 0. The Morgan fingerprint density at radius 3 is 2.52 bits per heavy atom. The smallest absolute Gasteiger partial charge is 0.251 e. The molecule has 0 bridgehead atoms. The van der Waals surface area contributed by atoms with E-state index in [-0.39, 0.29) is 11.9 Å². The Labute approximate surface area is 138 Å². The second-order valence-electron chi connectivity index (χ2n) is 6.29. The van der Waals surface area contributed by atoms with Gasteiger partial charge in [0.15, 0.2) is 11.5 Å². The van der Waals surface area contributed by atoms with Crippen molar-refractivity contribution < 1.29 is 14.3 Å². The normalized spacial score (nSPS) is 20.7. The third kappa shape index (κ3) is 4.27. The van der Waals surface area contributed by atoms with E-state index in [2.05, 4.69) is 18.8 Å². The van der Waals surface area contributed by atoms with Crippen molar-refractivity contribution in [2.24, 2.45) is 5.92 Å². The summed E-state index contributed by atoms with van der Waals surface area (Å²) in [5.41, 5.74) is 1.52. The van der Waals surface area contributed by atoms with Gasteiger partial charge in [-0.15, -0.1) is 6.58 Å². The maximum atomic E-state index is 12.6. The molecule has 23 heavy (non-hydrogen) atoms. The highest BCUT2D eigenvalue weighted by molar-refractivity contribution is 5.95. The van der Waals surface area contributed by atoms with Gasteiger partial charge in [-0.2, -0.15) is 0 Å². The van der Waals surface area contributed by atoms with Crippen molar-refractivity contribution in [1.29, 1.82) is 0 Å². The molecule has 1 aromatic carbocycles. The molecule has 0 heterocycles. The highest BCUT2D eigenvalue weighted by Gasteiger charge is 2.22. The minimum atomic E-state index is -0.0455. The number of hydrogen-bond donors (Lipinski definition) is 1. The van der Waals surface area contributed by atoms with Crippen LogP contribution in [0.25, 0.3) is 0 Å². The zero-order valence-corrected chi connectivity index (χ0v) is 14.4. The lowest BCUT2D eigenvalue weighted by molar-refractivity contribution is 0.0922. The first-order chi connectivity index (χ1) is 11.1. The molecule has 1 aliphatic carbocycles. The van der Waals surface area contributed by atoms with Crippen molar-refractivity contribution in [3.63, 3.8) is 0 Å². The number of rotatable bonds is 6. The van der Waals surface area contributed by atoms with Crippen LogP contribution in [0.15, 0.2) is 24.8 Å². The average molecular weight is 317 g/mol. The quantitative estimate of drug-likeness (QED) is 0.813. The maximum absolute atomic E-state index is 12.6. The summed E-state index contributed by atoms with van der Waals surface area (Å²) in [7, 11) is 3.19. The van der Waals surface area contributed by atoms with Gasteiger partial charge >= 0.3 is 0 Å². The molecule has 1 aromatic rings. The van der Waals surface area contributed by atoms with Gasteiger partial charge in [-0.25, -0.2) is 0 Å². The van der Waals surface area contributed by atoms with Gasteiger partial charge in [0.25, 0.3) is 5.91 Å². The SMILES string of the molecule is C=CCc1cc(C(=O)NC2CCC(C)CC2)cc(OC)c1OC. The molecular formula is C19H27NO3. The summed E-state index contributed by atoms with van der Waals surface area (Å²) in [6.07, 6.45) is 6.89. The summed E-state index contributed by atoms with van der Waals surface area (Å²) < 4.78 is 10.8. The Hall–Kier alpha value is -1.97. The average Bonchev–Trinajstić information content (AvgIpc) is 2.56. The summed E-state index contributed by atoms with van der Waals surface area (Å²) in [6, 6.07) is 3.88. The van der Waals surface area contributed by atoms with E-state index in [9.17, 15) is 4.79 Å². The minimum Gasteiger partial charge on any atom is -0.493 e. The molecule has 1 fully saturated rings. The number of carbonyl (C=O) groups is 1. The Kier molecular flexibility index (Phi) is 6.08. The van der Waals surface area contributed by atoms with Crippen LogP contribution in [0, 0.1) is 5.92 Å². The molecule has 4 nitrogen and oxygen atoms in total. The Morgan fingerprint density at radius 2 is 1.96 bits per heavy atom. The predicted molar refractivity (Wildman–Crippen MR) is 92.3 cm³/mol. The first-order valence-corrected chi connectivity index (χ1v) is 8.25. The largest absolute Gasteiger partial charge is 0.493 e. The minimum absolute atomic E-state index is 0.0455. The van der Waals surface area contributed by atoms with Crippen molar-refractivity contribution in [3.05, 3.63) is 35.9 Å². The molecule has 4 heteroatoms. The molecule has 0 atom stereocenters. The van der Waals surface area contributed by atoms with E-state index in [1.807, 2.05) is 6.07 Å². The molecule has 0 aliphatic heterocycles. The van der Waals surface area contributed by atoms with Crippen molar-refractivity contribution in [1.82, 2.24) is 5.32 Å². The number of methoxy groups -OCH3 is 2. The standard InChI is InChI=1S/C19H27NO3/c1-5-6-14-11-15(12-17(22-3)18(14)23-4)19(21)20-16-9-7-13(2)8-10-16/h5,11-13,16H,1,6-10H2,2-4H3,(H,20,21). The van der Waals surface area contributed by atoms with Crippen LogP contribution in [0.4, 0.5) is 0 Å².